The Morgan fingerprint density at radius 1 is 1.00 bits per heavy atom. The highest BCUT2D eigenvalue weighted by molar-refractivity contribution is 5.63. The van der Waals surface area contributed by atoms with Crippen molar-refractivity contribution in [1.29, 1.82) is 0 Å². The molecule has 0 aliphatic carbocycles. The Kier molecular flexibility index (Phi) is 3.04. The molecule has 3 rings (SSSR count). The Bertz CT molecular complexity index is 679. The lowest BCUT2D eigenvalue weighted by molar-refractivity contribution is 0.277. The van der Waals surface area contributed by atoms with Gasteiger partial charge in [0, 0.05) is 6.20 Å². The molecule has 0 radical (unpaired) electrons. The third kappa shape index (κ3) is 2.36. The van der Waals surface area contributed by atoms with Crippen molar-refractivity contribution in [2.45, 2.75) is 6.61 Å². The molecule has 94 valence electrons. The smallest absolute Gasteiger partial charge is 0.111 e. The molecule has 5 nitrogen and oxygen atoms in total. The van der Waals surface area contributed by atoms with Crippen molar-refractivity contribution >= 4 is 0 Å². The summed E-state index contributed by atoms with van der Waals surface area (Å²) in [6.07, 6.45) is 1.74. The maximum absolute atomic E-state index is 9.09. The third-order valence-corrected chi connectivity index (χ3v) is 2.75. The molecule has 0 saturated carbocycles. The van der Waals surface area contributed by atoms with Crippen LogP contribution in [0.1, 0.15) is 5.69 Å². The molecule has 3 aromatic rings. The molecule has 0 amide bonds. The van der Waals surface area contributed by atoms with Crippen LogP contribution in [-0.4, -0.2) is 25.3 Å². The standard InChI is InChI=1S/C14H12N4O/c19-9-10-4-3-6-12(16-10)14-8-13(17-18-14)11-5-1-2-7-15-11/h1-8,19H,9H2,(H,17,18). The fourth-order valence-electron chi connectivity index (χ4n) is 1.82. The second-order valence-electron chi connectivity index (χ2n) is 4.05. The highest BCUT2D eigenvalue weighted by atomic mass is 16.3. The zero-order valence-electron chi connectivity index (χ0n) is 10.1. The number of rotatable bonds is 3. The molecule has 19 heavy (non-hydrogen) atoms. The van der Waals surface area contributed by atoms with Gasteiger partial charge < -0.3 is 5.11 Å². The molecule has 0 atom stereocenters. The third-order valence-electron chi connectivity index (χ3n) is 2.75. The predicted octanol–water partition coefficient (Wildman–Crippen LogP) is 2.03. The zero-order chi connectivity index (χ0) is 13.1. The molecule has 0 bridgehead atoms. The Hall–Kier alpha value is -2.53. The fraction of sp³-hybridized carbons (Fsp3) is 0.0714. The van der Waals surface area contributed by atoms with Gasteiger partial charge in [-0.25, -0.2) is 4.98 Å². The molecular weight excluding hydrogens is 240 g/mol. The van der Waals surface area contributed by atoms with Crippen LogP contribution in [0.15, 0.2) is 48.7 Å². The van der Waals surface area contributed by atoms with Crippen molar-refractivity contribution in [3.63, 3.8) is 0 Å². The molecule has 0 aromatic carbocycles. The Balaban J connectivity index is 1.97. The second kappa shape index (κ2) is 4.99. The average molecular weight is 252 g/mol. The van der Waals surface area contributed by atoms with Gasteiger partial charge in [-0.05, 0) is 30.3 Å². The minimum atomic E-state index is -0.0780. The Morgan fingerprint density at radius 3 is 2.68 bits per heavy atom. The molecule has 0 saturated heterocycles. The number of H-pyrrole nitrogens is 1. The molecule has 5 heteroatoms. The van der Waals surface area contributed by atoms with Gasteiger partial charge in [-0.15, -0.1) is 0 Å². The van der Waals surface area contributed by atoms with Crippen LogP contribution in [0.2, 0.25) is 0 Å². The van der Waals surface area contributed by atoms with Crippen LogP contribution in [0.3, 0.4) is 0 Å². The van der Waals surface area contributed by atoms with Gasteiger partial charge >= 0.3 is 0 Å². The predicted molar refractivity (Wildman–Crippen MR) is 71.0 cm³/mol. The number of hydrogen-bond acceptors (Lipinski definition) is 4. The molecule has 0 spiro atoms. The van der Waals surface area contributed by atoms with Crippen molar-refractivity contribution in [3.8, 4) is 22.8 Å². The molecule has 0 aliphatic rings. The van der Waals surface area contributed by atoms with E-state index in [1.165, 1.54) is 0 Å². The van der Waals surface area contributed by atoms with Crippen LogP contribution in [0.4, 0.5) is 0 Å². The monoisotopic (exact) mass is 252 g/mol. The van der Waals surface area contributed by atoms with Crippen LogP contribution in [-0.2, 0) is 6.61 Å². The lowest BCUT2D eigenvalue weighted by Crippen LogP contribution is -1.91. The van der Waals surface area contributed by atoms with Crippen LogP contribution >= 0.6 is 0 Å². The van der Waals surface area contributed by atoms with E-state index in [1.807, 2.05) is 36.4 Å². The molecule has 2 N–H and O–H groups in total. The molecule has 0 unspecified atom stereocenters. The first-order valence-corrected chi connectivity index (χ1v) is 5.91. The number of nitrogens with zero attached hydrogens (tertiary/aromatic N) is 3. The van der Waals surface area contributed by atoms with Crippen LogP contribution < -0.4 is 0 Å². The number of aromatic amines is 1. The van der Waals surface area contributed by atoms with Gasteiger partial charge in [0.15, 0.2) is 0 Å². The first-order chi connectivity index (χ1) is 9.36. The molecular formula is C14H12N4O. The lowest BCUT2D eigenvalue weighted by atomic mass is 10.2. The number of aliphatic hydroxyl groups excluding tert-OH is 1. The van der Waals surface area contributed by atoms with E-state index in [9.17, 15) is 0 Å². The average Bonchev–Trinajstić information content (AvgIpc) is 2.98. The summed E-state index contributed by atoms with van der Waals surface area (Å²) >= 11 is 0. The van der Waals surface area contributed by atoms with Gasteiger partial charge in [0.1, 0.15) is 5.69 Å². The number of pyridine rings is 2. The summed E-state index contributed by atoms with van der Waals surface area (Å²) < 4.78 is 0. The molecule has 3 heterocycles. The number of hydrogen-bond donors (Lipinski definition) is 2. The lowest BCUT2D eigenvalue weighted by Gasteiger charge is -1.98. The normalized spacial score (nSPS) is 10.6. The minimum Gasteiger partial charge on any atom is -0.390 e. The van der Waals surface area contributed by atoms with Crippen molar-refractivity contribution in [3.05, 3.63) is 54.4 Å². The number of aromatic nitrogens is 4. The maximum Gasteiger partial charge on any atom is 0.111 e. The molecule has 3 aromatic heterocycles. The van der Waals surface area contributed by atoms with E-state index in [1.54, 1.807) is 12.3 Å². The van der Waals surface area contributed by atoms with Crippen LogP contribution in [0.25, 0.3) is 22.8 Å². The summed E-state index contributed by atoms with van der Waals surface area (Å²) in [5.74, 6) is 0. The number of nitrogens with one attached hydrogen (secondary N) is 1. The first-order valence-electron chi connectivity index (χ1n) is 5.91. The van der Waals surface area contributed by atoms with Gasteiger partial charge in [-0.3, -0.25) is 10.1 Å². The zero-order valence-corrected chi connectivity index (χ0v) is 10.1. The van der Waals surface area contributed by atoms with Gasteiger partial charge in [0.25, 0.3) is 0 Å². The van der Waals surface area contributed by atoms with Gasteiger partial charge in [-0.1, -0.05) is 12.1 Å². The van der Waals surface area contributed by atoms with Gasteiger partial charge in [0.2, 0.25) is 0 Å². The van der Waals surface area contributed by atoms with Gasteiger partial charge in [0.05, 0.1) is 29.4 Å². The van der Waals surface area contributed by atoms with E-state index in [-0.39, 0.29) is 6.61 Å². The van der Waals surface area contributed by atoms with Crippen molar-refractivity contribution in [2.75, 3.05) is 0 Å². The highest BCUT2D eigenvalue weighted by Crippen LogP contribution is 2.21. The van der Waals surface area contributed by atoms with Gasteiger partial charge in [-0.2, -0.15) is 5.10 Å². The Labute approximate surface area is 110 Å². The number of aliphatic hydroxyl groups is 1. The summed E-state index contributed by atoms with van der Waals surface area (Å²) in [6.45, 7) is -0.0780. The van der Waals surface area contributed by atoms with E-state index in [0.717, 1.165) is 22.8 Å². The summed E-state index contributed by atoms with van der Waals surface area (Å²) in [5.41, 5.74) is 3.76. The van der Waals surface area contributed by atoms with Crippen molar-refractivity contribution in [2.24, 2.45) is 0 Å². The van der Waals surface area contributed by atoms with Crippen molar-refractivity contribution in [1.82, 2.24) is 20.2 Å². The van der Waals surface area contributed by atoms with E-state index in [0.29, 0.717) is 5.69 Å². The molecule has 0 fully saturated rings. The quantitative estimate of drug-likeness (QED) is 0.748. The van der Waals surface area contributed by atoms with Crippen LogP contribution in [0.5, 0.6) is 0 Å². The summed E-state index contributed by atoms with van der Waals surface area (Å²) in [6, 6.07) is 13.1. The second-order valence-corrected chi connectivity index (χ2v) is 4.05. The molecule has 0 aliphatic heterocycles. The van der Waals surface area contributed by atoms with E-state index < -0.39 is 0 Å². The van der Waals surface area contributed by atoms with E-state index in [2.05, 4.69) is 20.2 Å². The van der Waals surface area contributed by atoms with Crippen molar-refractivity contribution < 1.29 is 5.11 Å². The highest BCUT2D eigenvalue weighted by Gasteiger charge is 2.07. The summed E-state index contributed by atoms with van der Waals surface area (Å²) in [5, 5.41) is 16.3. The Morgan fingerprint density at radius 2 is 1.89 bits per heavy atom. The van der Waals surface area contributed by atoms with Crippen LogP contribution in [0, 0.1) is 0 Å². The summed E-state index contributed by atoms with van der Waals surface area (Å²) in [7, 11) is 0. The minimum absolute atomic E-state index is 0.0780. The topological polar surface area (TPSA) is 74.7 Å². The van der Waals surface area contributed by atoms with E-state index >= 15 is 0 Å². The first kappa shape index (κ1) is 11.6. The maximum atomic E-state index is 9.09. The van der Waals surface area contributed by atoms with E-state index in [4.69, 9.17) is 5.11 Å². The fourth-order valence-corrected chi connectivity index (χ4v) is 1.82. The largest absolute Gasteiger partial charge is 0.390 e. The SMILES string of the molecule is OCc1cccc(-c2cc(-c3ccccn3)[nH]n2)n1. The summed E-state index contributed by atoms with van der Waals surface area (Å²) in [4.78, 5) is 8.57.